The number of hydrogen-bond acceptors (Lipinski definition) is 5. The number of carbonyl (C=O) groups excluding carboxylic acids is 1. The van der Waals surface area contributed by atoms with Gasteiger partial charge in [0.15, 0.2) is 5.16 Å². The van der Waals surface area contributed by atoms with E-state index in [-0.39, 0.29) is 10.7 Å². The molecule has 0 aliphatic heterocycles. The third-order valence-electron chi connectivity index (χ3n) is 3.77. The lowest BCUT2D eigenvalue weighted by molar-refractivity contribution is -0.115. The maximum atomic E-state index is 13.7. The fourth-order valence-corrected chi connectivity index (χ4v) is 3.99. The lowest BCUT2D eigenvalue weighted by atomic mass is 10.3. The van der Waals surface area contributed by atoms with Crippen LogP contribution in [0.15, 0.2) is 69.4 Å². The Hall–Kier alpha value is -2.65. The molecule has 1 heterocycles. The van der Waals surface area contributed by atoms with Crippen molar-refractivity contribution in [1.29, 1.82) is 0 Å². The van der Waals surface area contributed by atoms with E-state index in [0.29, 0.717) is 11.4 Å². The Balaban J connectivity index is 1.66. The number of amides is 1. The highest BCUT2D eigenvalue weighted by Crippen LogP contribution is 2.25. The Morgan fingerprint density at radius 2 is 1.83 bits per heavy atom. The molecule has 0 aliphatic rings. The van der Waals surface area contributed by atoms with Crippen LogP contribution in [0, 0.1) is 11.6 Å². The number of para-hydroxylation sites is 1. The highest BCUT2D eigenvalue weighted by Gasteiger charge is 2.19. The molecule has 0 fully saturated rings. The van der Waals surface area contributed by atoms with Crippen molar-refractivity contribution >= 4 is 35.1 Å². The van der Waals surface area contributed by atoms with E-state index in [2.05, 4.69) is 15.3 Å². The summed E-state index contributed by atoms with van der Waals surface area (Å²) in [5.41, 5.74) is -0.267. The van der Waals surface area contributed by atoms with Crippen LogP contribution in [0.2, 0.25) is 0 Å². The number of aromatic nitrogens is 2. The minimum Gasteiger partial charge on any atom is -0.320 e. The second kappa shape index (κ2) is 9.71. The molecule has 9 heteroatoms. The van der Waals surface area contributed by atoms with Crippen LogP contribution in [0.1, 0.15) is 12.6 Å². The highest BCUT2D eigenvalue weighted by atomic mass is 32.2. The summed E-state index contributed by atoms with van der Waals surface area (Å²) in [6, 6.07) is 14.4. The maximum Gasteiger partial charge on any atom is 0.251 e. The van der Waals surface area contributed by atoms with Gasteiger partial charge >= 0.3 is 0 Å². The molecule has 0 spiro atoms. The van der Waals surface area contributed by atoms with Crippen molar-refractivity contribution in [3.05, 3.63) is 82.3 Å². The lowest BCUT2D eigenvalue weighted by Crippen LogP contribution is -2.24. The van der Waals surface area contributed by atoms with Crippen LogP contribution in [-0.2, 0) is 10.5 Å². The van der Waals surface area contributed by atoms with E-state index in [9.17, 15) is 18.4 Å². The number of nitrogens with zero attached hydrogens (tertiary/aromatic N) is 1. The number of anilines is 1. The quantitative estimate of drug-likeness (QED) is 0.425. The predicted octanol–water partition coefficient (Wildman–Crippen LogP) is 4.46. The Kier molecular flexibility index (Phi) is 7.05. The molecule has 2 N–H and O–H groups in total. The smallest absolute Gasteiger partial charge is 0.251 e. The van der Waals surface area contributed by atoms with Gasteiger partial charge in [0.05, 0.1) is 10.9 Å². The Morgan fingerprint density at radius 1 is 1.14 bits per heavy atom. The molecule has 150 valence electrons. The number of thioether (sulfide) groups is 2. The first-order chi connectivity index (χ1) is 13.9. The average molecular weight is 434 g/mol. The number of benzene rings is 2. The summed E-state index contributed by atoms with van der Waals surface area (Å²) >= 11 is 2.53. The molecule has 5 nitrogen and oxygen atoms in total. The minimum absolute atomic E-state index is 0.262. The van der Waals surface area contributed by atoms with Crippen molar-refractivity contribution in [2.45, 2.75) is 28.0 Å². The van der Waals surface area contributed by atoms with Crippen molar-refractivity contribution in [3.63, 3.8) is 0 Å². The molecular weight excluding hydrogens is 416 g/mol. The van der Waals surface area contributed by atoms with Gasteiger partial charge in [-0.25, -0.2) is 13.8 Å². The standard InChI is InChI=1S/C20H17F2N3O2S2/c1-12(19(27)25-18-15(21)8-5-9-16(18)22)29-20-23-13(10-17(26)24-20)11-28-14-6-3-2-4-7-14/h2-10,12H,11H2,1H3,(H,25,27)(H,23,24,26). The van der Waals surface area contributed by atoms with Gasteiger partial charge in [-0.15, -0.1) is 11.8 Å². The minimum atomic E-state index is -0.859. The molecular formula is C20H17F2N3O2S2. The number of aromatic amines is 1. The number of H-pyrrole nitrogens is 1. The van der Waals surface area contributed by atoms with E-state index in [1.807, 2.05) is 30.3 Å². The summed E-state index contributed by atoms with van der Waals surface area (Å²) < 4.78 is 27.4. The van der Waals surface area contributed by atoms with Crippen molar-refractivity contribution < 1.29 is 13.6 Å². The monoisotopic (exact) mass is 433 g/mol. The number of nitrogens with one attached hydrogen (secondary N) is 2. The first kappa shape index (κ1) is 21.1. The second-order valence-electron chi connectivity index (χ2n) is 5.99. The van der Waals surface area contributed by atoms with Gasteiger partial charge in [0.25, 0.3) is 5.56 Å². The van der Waals surface area contributed by atoms with Gasteiger partial charge < -0.3 is 10.3 Å². The molecule has 2 aromatic carbocycles. The lowest BCUT2D eigenvalue weighted by Gasteiger charge is -2.13. The molecule has 0 saturated carbocycles. The third-order valence-corrected chi connectivity index (χ3v) is 5.80. The molecule has 3 rings (SSSR count). The first-order valence-electron chi connectivity index (χ1n) is 8.62. The SMILES string of the molecule is CC(Sc1nc(CSc2ccccc2)cc(=O)[nH]1)C(=O)Nc1c(F)cccc1F. The molecule has 3 aromatic rings. The Labute approximate surface area is 174 Å². The molecule has 0 radical (unpaired) electrons. The van der Waals surface area contributed by atoms with Crippen molar-refractivity contribution in [2.75, 3.05) is 5.32 Å². The largest absolute Gasteiger partial charge is 0.320 e. The first-order valence-corrected chi connectivity index (χ1v) is 10.5. The van der Waals surface area contributed by atoms with E-state index in [4.69, 9.17) is 0 Å². The zero-order chi connectivity index (χ0) is 20.8. The summed E-state index contributed by atoms with van der Waals surface area (Å²) in [6.45, 7) is 1.56. The molecule has 29 heavy (non-hydrogen) atoms. The molecule has 1 unspecified atom stereocenters. The van der Waals surface area contributed by atoms with Gasteiger partial charge in [-0.05, 0) is 31.2 Å². The Morgan fingerprint density at radius 3 is 2.52 bits per heavy atom. The number of carbonyl (C=O) groups is 1. The zero-order valence-electron chi connectivity index (χ0n) is 15.3. The maximum absolute atomic E-state index is 13.7. The predicted molar refractivity (Wildman–Crippen MR) is 111 cm³/mol. The number of hydrogen-bond donors (Lipinski definition) is 2. The molecule has 1 atom stereocenters. The summed E-state index contributed by atoms with van der Waals surface area (Å²) in [7, 11) is 0. The van der Waals surface area contributed by atoms with E-state index in [0.717, 1.165) is 28.8 Å². The number of rotatable bonds is 7. The van der Waals surface area contributed by atoms with Crippen molar-refractivity contribution in [1.82, 2.24) is 9.97 Å². The third kappa shape index (κ3) is 5.91. The highest BCUT2D eigenvalue weighted by molar-refractivity contribution is 8.00. The van der Waals surface area contributed by atoms with Crippen LogP contribution in [0.25, 0.3) is 0 Å². The van der Waals surface area contributed by atoms with E-state index >= 15 is 0 Å². The molecule has 0 bridgehead atoms. The summed E-state index contributed by atoms with van der Waals surface area (Å²) in [5, 5.41) is 1.76. The van der Waals surface area contributed by atoms with E-state index in [1.54, 1.807) is 6.92 Å². The molecule has 1 amide bonds. The summed E-state index contributed by atoms with van der Waals surface area (Å²) in [6.07, 6.45) is 0. The molecule has 0 aliphatic carbocycles. The van der Waals surface area contributed by atoms with Gasteiger partial charge in [0, 0.05) is 16.7 Å². The van der Waals surface area contributed by atoms with Gasteiger partial charge in [-0.2, -0.15) is 0 Å². The molecule has 1 aromatic heterocycles. The van der Waals surface area contributed by atoms with Crippen LogP contribution >= 0.6 is 23.5 Å². The fourth-order valence-electron chi connectivity index (χ4n) is 2.35. The van der Waals surface area contributed by atoms with Crippen molar-refractivity contribution in [3.8, 4) is 0 Å². The molecule has 0 saturated heterocycles. The summed E-state index contributed by atoms with van der Waals surface area (Å²) in [4.78, 5) is 32.2. The fraction of sp³-hybridized carbons (Fsp3) is 0.150. The van der Waals surface area contributed by atoms with Gasteiger partial charge in [0.1, 0.15) is 17.3 Å². The topological polar surface area (TPSA) is 74.8 Å². The van der Waals surface area contributed by atoms with Crippen LogP contribution in [-0.4, -0.2) is 21.1 Å². The van der Waals surface area contributed by atoms with Crippen molar-refractivity contribution in [2.24, 2.45) is 0 Å². The van der Waals surface area contributed by atoms with Crippen LogP contribution in [0.3, 0.4) is 0 Å². The summed E-state index contributed by atoms with van der Waals surface area (Å²) in [5.74, 6) is -1.84. The van der Waals surface area contributed by atoms with Crippen LogP contribution in [0.4, 0.5) is 14.5 Å². The van der Waals surface area contributed by atoms with Gasteiger partial charge in [-0.1, -0.05) is 36.0 Å². The Bertz CT molecular complexity index is 1040. The normalized spacial score (nSPS) is 11.8. The van der Waals surface area contributed by atoms with E-state index in [1.165, 1.54) is 23.9 Å². The van der Waals surface area contributed by atoms with E-state index < -0.39 is 28.5 Å². The van der Waals surface area contributed by atoms with Crippen LogP contribution in [0.5, 0.6) is 0 Å². The second-order valence-corrected chi connectivity index (χ2v) is 8.37. The number of halogens is 2. The average Bonchev–Trinajstić information content (AvgIpc) is 2.69. The van der Waals surface area contributed by atoms with Gasteiger partial charge in [0.2, 0.25) is 5.91 Å². The van der Waals surface area contributed by atoms with Gasteiger partial charge in [-0.3, -0.25) is 9.59 Å². The zero-order valence-corrected chi connectivity index (χ0v) is 16.9. The van der Waals surface area contributed by atoms with Crippen LogP contribution < -0.4 is 10.9 Å².